The highest BCUT2D eigenvalue weighted by molar-refractivity contribution is 7.96. The van der Waals surface area contributed by atoms with E-state index in [1.165, 1.54) is 6.07 Å². The lowest BCUT2D eigenvalue weighted by Crippen LogP contribution is -2.58. The standard InChI is InChI=1S/C23H27FN4O2S/c1-14-5-8-18(26-13-14)19(29)12-15-6-7-17(24)16(11-15)23(4)20-9-10-27-31(20,30)22(2,3)21(25)28-23/h5-8,11,13,20H,9-10,12H2,1-4H3,(H2,25,28)/t20-,23+,31+/m0/s1. The molecular weight excluding hydrogens is 415 g/mol. The Morgan fingerprint density at radius 2 is 2.00 bits per heavy atom. The zero-order valence-corrected chi connectivity index (χ0v) is 19.0. The Hall–Kier alpha value is -2.61. The number of ketones is 1. The first-order valence-corrected chi connectivity index (χ1v) is 11.9. The lowest BCUT2D eigenvalue weighted by Gasteiger charge is -2.44. The fourth-order valence-corrected chi connectivity index (χ4v) is 7.65. The Morgan fingerprint density at radius 3 is 2.68 bits per heavy atom. The lowest BCUT2D eigenvalue weighted by molar-refractivity contribution is 0.0988. The number of pyridine rings is 1. The van der Waals surface area contributed by atoms with Crippen LogP contribution in [-0.4, -0.2) is 37.4 Å². The Morgan fingerprint density at radius 1 is 1.26 bits per heavy atom. The molecule has 3 heterocycles. The van der Waals surface area contributed by atoms with Gasteiger partial charge < -0.3 is 5.73 Å². The van der Waals surface area contributed by atoms with Gasteiger partial charge in [-0.2, -0.15) is 0 Å². The number of nitrogens with two attached hydrogens (primary N) is 1. The molecule has 0 aliphatic carbocycles. The number of aryl methyl sites for hydroxylation is 1. The summed E-state index contributed by atoms with van der Waals surface area (Å²) in [6, 6.07) is 8.09. The van der Waals surface area contributed by atoms with Crippen LogP contribution < -0.4 is 5.73 Å². The maximum Gasteiger partial charge on any atom is 0.185 e. The SMILES string of the molecule is Cc1ccc(C(=O)Cc2ccc(F)c([C@@]3(C)N=C(N)C(C)(C)[S@@]4(=O)=NCC[C@@H]34)c2)nc1. The average molecular weight is 443 g/mol. The number of hydrogen-bond donors (Lipinski definition) is 1. The quantitative estimate of drug-likeness (QED) is 0.732. The molecule has 8 heteroatoms. The smallest absolute Gasteiger partial charge is 0.185 e. The third kappa shape index (κ3) is 3.28. The normalized spacial score (nSPS) is 29.1. The minimum absolute atomic E-state index is 0.0779. The van der Waals surface area contributed by atoms with Crippen molar-refractivity contribution in [2.24, 2.45) is 15.1 Å². The van der Waals surface area contributed by atoms with Crippen molar-refractivity contribution in [2.75, 3.05) is 6.54 Å². The van der Waals surface area contributed by atoms with Crippen LogP contribution in [0.4, 0.5) is 4.39 Å². The first kappa shape index (κ1) is 21.6. The van der Waals surface area contributed by atoms with E-state index in [0.29, 0.717) is 29.8 Å². The highest BCUT2D eigenvalue weighted by atomic mass is 32.2. The fraction of sp³-hybridized carbons (Fsp3) is 0.435. The van der Waals surface area contributed by atoms with Crippen molar-refractivity contribution in [3.63, 3.8) is 0 Å². The predicted octanol–water partition coefficient (Wildman–Crippen LogP) is 3.56. The van der Waals surface area contributed by atoms with Gasteiger partial charge in [0.2, 0.25) is 0 Å². The van der Waals surface area contributed by atoms with E-state index in [0.717, 1.165) is 5.56 Å². The van der Waals surface area contributed by atoms with E-state index < -0.39 is 31.1 Å². The van der Waals surface area contributed by atoms with E-state index >= 15 is 4.39 Å². The van der Waals surface area contributed by atoms with Gasteiger partial charge in [0, 0.05) is 24.7 Å². The monoisotopic (exact) mass is 442 g/mol. The number of carbonyl (C=O) groups is 1. The zero-order valence-electron chi connectivity index (χ0n) is 18.2. The van der Waals surface area contributed by atoms with Crippen LogP contribution in [-0.2, 0) is 21.7 Å². The summed E-state index contributed by atoms with van der Waals surface area (Å²) in [7, 11) is -2.75. The number of rotatable bonds is 4. The van der Waals surface area contributed by atoms with Crippen molar-refractivity contribution < 1.29 is 13.4 Å². The van der Waals surface area contributed by atoms with Gasteiger partial charge in [0.25, 0.3) is 0 Å². The van der Waals surface area contributed by atoms with Gasteiger partial charge >= 0.3 is 0 Å². The first-order chi connectivity index (χ1) is 14.5. The third-order valence-corrected chi connectivity index (χ3v) is 10.2. The second-order valence-corrected chi connectivity index (χ2v) is 12.0. The number of carbonyl (C=O) groups excluding carboxylic acids is 1. The third-order valence-electron chi connectivity index (χ3n) is 6.53. The molecule has 0 spiro atoms. The number of aliphatic imine (C=N–C) groups is 1. The van der Waals surface area contributed by atoms with E-state index in [1.54, 1.807) is 45.2 Å². The molecule has 0 saturated heterocycles. The van der Waals surface area contributed by atoms with Gasteiger partial charge in [-0.3, -0.25) is 14.8 Å². The predicted molar refractivity (Wildman–Crippen MR) is 120 cm³/mol. The van der Waals surface area contributed by atoms with Gasteiger partial charge in [-0.1, -0.05) is 12.1 Å². The highest BCUT2D eigenvalue weighted by Crippen LogP contribution is 2.47. The molecule has 0 saturated carbocycles. The highest BCUT2D eigenvalue weighted by Gasteiger charge is 2.56. The molecule has 0 unspecified atom stereocenters. The van der Waals surface area contributed by atoms with Crippen molar-refractivity contribution in [2.45, 2.75) is 56.1 Å². The number of amidine groups is 1. The van der Waals surface area contributed by atoms with Crippen LogP contribution in [0.25, 0.3) is 0 Å². The van der Waals surface area contributed by atoms with Gasteiger partial charge in [0.05, 0.1) is 15.0 Å². The van der Waals surface area contributed by atoms with Crippen molar-refractivity contribution in [1.82, 2.24) is 4.98 Å². The number of nitrogens with zero attached hydrogens (tertiary/aromatic N) is 3. The molecule has 0 bridgehead atoms. The molecular formula is C23H27FN4O2S. The number of hydrogen-bond acceptors (Lipinski definition) is 6. The summed E-state index contributed by atoms with van der Waals surface area (Å²) in [6.45, 7) is 7.68. The zero-order chi connectivity index (χ0) is 22.6. The topological polar surface area (TPSA) is 97.8 Å². The average Bonchev–Trinajstić information content (AvgIpc) is 3.13. The van der Waals surface area contributed by atoms with Gasteiger partial charge in [0.1, 0.15) is 27.6 Å². The number of Topliss-reactive ketones (excluding diaryl/α,β-unsaturated/α-hetero) is 1. The number of benzene rings is 1. The molecule has 2 aliphatic rings. The molecule has 0 amide bonds. The summed E-state index contributed by atoms with van der Waals surface area (Å²) in [4.78, 5) is 21.6. The van der Waals surface area contributed by atoms with E-state index in [1.807, 2.05) is 13.0 Å². The van der Waals surface area contributed by atoms with Gasteiger partial charge in [0.15, 0.2) is 5.78 Å². The van der Waals surface area contributed by atoms with E-state index in [4.69, 9.17) is 10.7 Å². The van der Waals surface area contributed by atoms with Crippen molar-refractivity contribution >= 4 is 21.3 Å². The number of halogens is 1. The van der Waals surface area contributed by atoms with Crippen LogP contribution in [0.1, 0.15) is 54.4 Å². The van der Waals surface area contributed by atoms with Crippen LogP contribution in [0.15, 0.2) is 45.9 Å². The maximum atomic E-state index is 15.1. The van der Waals surface area contributed by atoms with Crippen molar-refractivity contribution in [3.05, 3.63) is 64.7 Å². The first-order valence-electron chi connectivity index (χ1n) is 10.3. The molecule has 0 radical (unpaired) electrons. The second kappa shape index (κ2) is 7.22. The van der Waals surface area contributed by atoms with E-state index in [-0.39, 0.29) is 18.0 Å². The van der Waals surface area contributed by atoms with Gasteiger partial charge in [-0.15, -0.1) is 0 Å². The molecule has 1 aromatic carbocycles. The Bertz CT molecular complexity index is 1210. The number of fused-ring (bicyclic) bond motifs is 1. The molecule has 3 atom stereocenters. The lowest BCUT2D eigenvalue weighted by atomic mass is 9.84. The molecule has 4 rings (SSSR count). The summed E-state index contributed by atoms with van der Waals surface area (Å²) in [5, 5.41) is -0.457. The summed E-state index contributed by atoms with van der Waals surface area (Å²) in [5.74, 6) is -0.404. The van der Waals surface area contributed by atoms with Crippen LogP contribution in [0.2, 0.25) is 0 Å². The summed E-state index contributed by atoms with van der Waals surface area (Å²) in [5.41, 5.74) is 7.39. The molecule has 2 aliphatic heterocycles. The molecule has 6 nitrogen and oxygen atoms in total. The largest absolute Gasteiger partial charge is 0.386 e. The molecule has 164 valence electrons. The Labute approximate surface area is 182 Å². The summed E-state index contributed by atoms with van der Waals surface area (Å²) < 4.78 is 32.5. The molecule has 2 N–H and O–H groups in total. The summed E-state index contributed by atoms with van der Waals surface area (Å²) in [6.07, 6.45) is 2.27. The molecule has 1 aromatic heterocycles. The maximum absolute atomic E-state index is 15.1. The molecule has 0 fully saturated rings. The Kier molecular flexibility index (Phi) is 5.04. The molecule has 2 aromatic rings. The fourth-order valence-electron chi connectivity index (χ4n) is 4.48. The minimum Gasteiger partial charge on any atom is -0.386 e. The van der Waals surface area contributed by atoms with Crippen LogP contribution in [0.3, 0.4) is 0 Å². The van der Waals surface area contributed by atoms with E-state index in [9.17, 15) is 9.00 Å². The minimum atomic E-state index is -2.75. The van der Waals surface area contributed by atoms with Crippen molar-refractivity contribution in [3.8, 4) is 0 Å². The number of aromatic nitrogens is 1. The second-order valence-electron chi connectivity index (χ2n) is 8.99. The van der Waals surface area contributed by atoms with Crippen LogP contribution in [0, 0.1) is 12.7 Å². The van der Waals surface area contributed by atoms with E-state index in [2.05, 4.69) is 9.35 Å². The molecule has 31 heavy (non-hydrogen) atoms. The van der Waals surface area contributed by atoms with Crippen LogP contribution >= 0.6 is 0 Å². The van der Waals surface area contributed by atoms with Gasteiger partial charge in [-0.25, -0.2) is 13.0 Å². The summed E-state index contributed by atoms with van der Waals surface area (Å²) >= 11 is 0. The Balaban J connectivity index is 1.76. The van der Waals surface area contributed by atoms with Gasteiger partial charge in [-0.05, 0) is 63.4 Å². The van der Waals surface area contributed by atoms with Crippen molar-refractivity contribution in [1.29, 1.82) is 0 Å². The van der Waals surface area contributed by atoms with Crippen LogP contribution in [0.5, 0.6) is 0 Å².